The van der Waals surface area contributed by atoms with Gasteiger partial charge in [-0.25, -0.2) is 4.99 Å². The van der Waals surface area contributed by atoms with E-state index < -0.39 is 0 Å². The standard InChI is InChI=1S/C17H24N6O/c1-19-15-11-14(22-17(21-3)16(15)20-2)13(12-18)5-4-6-23-7-9-24-10-8-23/h4-6,11-12,18H,7-10H2,1-3H3,(H,21,22)/b6-4+,13-5+,18-12?,19-15-,20-16+. The molecule has 0 amide bonds. The van der Waals surface area contributed by atoms with Gasteiger partial charge in [-0.3, -0.25) is 9.98 Å². The quantitative estimate of drug-likeness (QED) is 0.598. The largest absolute Gasteiger partial charge is 0.378 e. The molecule has 0 aromatic heterocycles. The van der Waals surface area contributed by atoms with E-state index in [1.54, 1.807) is 21.1 Å². The third-order valence-corrected chi connectivity index (χ3v) is 3.74. The lowest BCUT2D eigenvalue weighted by atomic mass is 10.1. The molecule has 0 aromatic carbocycles. The zero-order valence-electron chi connectivity index (χ0n) is 14.4. The predicted octanol–water partition coefficient (Wildman–Crippen LogP) is 1.07. The lowest BCUT2D eigenvalue weighted by Crippen LogP contribution is -2.36. The number of hydrogen-bond donors (Lipinski definition) is 2. The summed E-state index contributed by atoms with van der Waals surface area (Å²) in [6.45, 7) is 3.28. The van der Waals surface area contributed by atoms with E-state index in [4.69, 9.17) is 10.1 Å². The second-order valence-electron chi connectivity index (χ2n) is 5.18. The van der Waals surface area contributed by atoms with Crippen LogP contribution in [0.5, 0.6) is 0 Å². The molecule has 7 nitrogen and oxygen atoms in total. The minimum Gasteiger partial charge on any atom is -0.378 e. The first-order valence-corrected chi connectivity index (χ1v) is 7.87. The summed E-state index contributed by atoms with van der Waals surface area (Å²) in [4.78, 5) is 15.2. The molecule has 0 aromatic rings. The average molecular weight is 328 g/mol. The molecular formula is C17H24N6O. The van der Waals surface area contributed by atoms with Crippen LogP contribution >= 0.6 is 0 Å². The maximum Gasteiger partial charge on any atom is 0.154 e. The Morgan fingerprint density at radius 1 is 1.33 bits per heavy atom. The molecule has 2 N–H and O–H groups in total. The number of rotatable bonds is 4. The van der Waals surface area contributed by atoms with Gasteiger partial charge in [-0.15, -0.1) is 0 Å². The first kappa shape index (κ1) is 17.8. The lowest BCUT2D eigenvalue weighted by Gasteiger charge is -2.24. The molecule has 2 heterocycles. The number of ether oxygens (including phenoxy) is 1. The van der Waals surface area contributed by atoms with Gasteiger partial charge in [0.15, 0.2) is 5.84 Å². The minimum atomic E-state index is 0.653. The van der Waals surface area contributed by atoms with Gasteiger partial charge in [-0.05, 0) is 24.4 Å². The van der Waals surface area contributed by atoms with Crippen molar-refractivity contribution < 1.29 is 4.74 Å². The van der Waals surface area contributed by atoms with Crippen LogP contribution in [0.25, 0.3) is 0 Å². The lowest BCUT2D eigenvalue weighted by molar-refractivity contribution is 0.0594. The van der Waals surface area contributed by atoms with Crippen molar-refractivity contribution >= 4 is 23.5 Å². The Morgan fingerprint density at radius 2 is 2.08 bits per heavy atom. The van der Waals surface area contributed by atoms with Crippen LogP contribution in [0.1, 0.15) is 0 Å². The van der Waals surface area contributed by atoms with Crippen LogP contribution in [0.2, 0.25) is 0 Å². The van der Waals surface area contributed by atoms with Crippen LogP contribution in [0.3, 0.4) is 0 Å². The monoisotopic (exact) mass is 328 g/mol. The third kappa shape index (κ3) is 4.26. The molecule has 7 heteroatoms. The van der Waals surface area contributed by atoms with Crippen LogP contribution in [-0.2, 0) is 4.74 Å². The van der Waals surface area contributed by atoms with E-state index in [1.807, 2.05) is 24.4 Å². The average Bonchev–Trinajstić information content (AvgIpc) is 2.64. The molecule has 0 spiro atoms. The molecule has 24 heavy (non-hydrogen) atoms. The number of amidine groups is 1. The van der Waals surface area contributed by atoms with Gasteiger partial charge < -0.3 is 20.4 Å². The fraction of sp³-hybridized carbons (Fsp3) is 0.412. The van der Waals surface area contributed by atoms with Gasteiger partial charge >= 0.3 is 0 Å². The molecule has 0 radical (unpaired) electrons. The van der Waals surface area contributed by atoms with Crippen LogP contribution in [-0.4, -0.2) is 75.8 Å². The van der Waals surface area contributed by atoms with E-state index >= 15 is 0 Å². The Bertz CT molecular complexity index is 648. The van der Waals surface area contributed by atoms with Crippen molar-refractivity contribution in [1.29, 1.82) is 5.41 Å². The Kier molecular flexibility index (Phi) is 6.62. The van der Waals surface area contributed by atoms with Crippen molar-refractivity contribution in [3.8, 4) is 0 Å². The summed E-state index contributed by atoms with van der Waals surface area (Å²) in [5, 5.41) is 10.7. The van der Waals surface area contributed by atoms with Crippen molar-refractivity contribution in [2.24, 2.45) is 15.0 Å². The van der Waals surface area contributed by atoms with Gasteiger partial charge in [-0.1, -0.05) is 0 Å². The Morgan fingerprint density at radius 3 is 2.67 bits per heavy atom. The molecule has 2 aliphatic rings. The predicted molar refractivity (Wildman–Crippen MR) is 99.7 cm³/mol. The fourth-order valence-electron chi connectivity index (χ4n) is 2.44. The number of hydrogen-bond acceptors (Lipinski definition) is 7. The molecule has 0 unspecified atom stereocenters. The first-order valence-electron chi connectivity index (χ1n) is 7.87. The van der Waals surface area contributed by atoms with Gasteiger partial charge in [0, 0.05) is 46.0 Å². The molecule has 0 atom stereocenters. The highest BCUT2D eigenvalue weighted by Gasteiger charge is 2.19. The molecular weight excluding hydrogens is 304 g/mol. The maximum atomic E-state index is 7.70. The maximum absolute atomic E-state index is 7.70. The highest BCUT2D eigenvalue weighted by atomic mass is 16.5. The zero-order valence-corrected chi connectivity index (χ0v) is 14.4. The highest BCUT2D eigenvalue weighted by molar-refractivity contribution is 6.71. The summed E-state index contributed by atoms with van der Waals surface area (Å²) in [5.74, 6) is 0.653. The number of morpholine rings is 1. The first-order chi connectivity index (χ1) is 11.7. The molecule has 1 saturated heterocycles. The van der Waals surface area contributed by atoms with E-state index in [0.29, 0.717) is 17.1 Å². The number of allylic oxidation sites excluding steroid dienone is 4. The number of nitrogens with one attached hydrogen (secondary N) is 2. The summed E-state index contributed by atoms with van der Waals surface area (Å²) in [5.41, 5.74) is 2.87. The molecule has 0 aliphatic carbocycles. The van der Waals surface area contributed by atoms with Crippen molar-refractivity contribution in [2.75, 3.05) is 47.4 Å². The van der Waals surface area contributed by atoms with E-state index in [-0.39, 0.29) is 0 Å². The summed E-state index contributed by atoms with van der Waals surface area (Å²) < 4.78 is 5.33. The van der Waals surface area contributed by atoms with Crippen LogP contribution in [0.15, 0.2) is 50.7 Å². The van der Waals surface area contributed by atoms with Gasteiger partial charge in [0.1, 0.15) is 5.71 Å². The smallest absolute Gasteiger partial charge is 0.154 e. The Labute approximate surface area is 142 Å². The summed E-state index contributed by atoms with van der Waals surface area (Å²) in [7, 11) is 5.23. The molecule has 2 rings (SSSR count). The van der Waals surface area contributed by atoms with E-state index in [0.717, 1.165) is 37.7 Å². The van der Waals surface area contributed by atoms with Gasteiger partial charge in [0.05, 0.1) is 24.6 Å². The minimum absolute atomic E-state index is 0.653. The van der Waals surface area contributed by atoms with Crippen molar-refractivity contribution in [1.82, 2.24) is 10.2 Å². The van der Waals surface area contributed by atoms with Gasteiger partial charge in [0.2, 0.25) is 0 Å². The number of nitrogens with zero attached hydrogens (tertiary/aromatic N) is 4. The van der Waals surface area contributed by atoms with Crippen molar-refractivity contribution in [3.05, 3.63) is 35.7 Å². The fourth-order valence-corrected chi connectivity index (χ4v) is 2.44. The van der Waals surface area contributed by atoms with E-state index in [2.05, 4.69) is 25.2 Å². The molecule has 128 valence electrons. The molecule has 0 saturated carbocycles. The normalized spacial score (nSPS) is 22.8. The molecule has 2 aliphatic heterocycles. The summed E-state index contributed by atoms with van der Waals surface area (Å²) >= 11 is 0. The van der Waals surface area contributed by atoms with Gasteiger partial charge in [0.25, 0.3) is 0 Å². The SMILES string of the molecule is C/N=C1C=C(/C(C=N)=C/C=C/N2CCOCC2)N=C(NC)C/1=N/C. The second kappa shape index (κ2) is 8.93. The van der Waals surface area contributed by atoms with Crippen molar-refractivity contribution in [2.45, 2.75) is 0 Å². The Hall–Kier alpha value is -2.54. The third-order valence-electron chi connectivity index (χ3n) is 3.74. The van der Waals surface area contributed by atoms with Crippen molar-refractivity contribution in [3.63, 3.8) is 0 Å². The molecule has 1 fully saturated rings. The molecule has 0 bridgehead atoms. The summed E-state index contributed by atoms with van der Waals surface area (Å²) in [6.07, 6.45) is 8.99. The van der Waals surface area contributed by atoms with Gasteiger partial charge in [-0.2, -0.15) is 0 Å². The Balaban J connectivity index is 2.24. The van der Waals surface area contributed by atoms with Crippen LogP contribution in [0.4, 0.5) is 0 Å². The summed E-state index contributed by atoms with van der Waals surface area (Å²) in [6, 6.07) is 0. The van der Waals surface area contributed by atoms with E-state index in [9.17, 15) is 0 Å². The number of aliphatic imine (C=N–C) groups is 3. The highest BCUT2D eigenvalue weighted by Crippen LogP contribution is 2.15. The van der Waals surface area contributed by atoms with Crippen LogP contribution < -0.4 is 5.32 Å². The second-order valence-corrected chi connectivity index (χ2v) is 5.18. The van der Waals surface area contributed by atoms with Crippen LogP contribution in [0, 0.1) is 5.41 Å². The van der Waals surface area contributed by atoms with E-state index in [1.165, 1.54) is 6.21 Å². The topological polar surface area (TPSA) is 85.4 Å². The zero-order chi connectivity index (χ0) is 17.4.